The average molecular weight is 280 g/mol. The first-order valence-electron chi connectivity index (χ1n) is 6.32. The van der Waals surface area contributed by atoms with Gasteiger partial charge >= 0.3 is 0 Å². The van der Waals surface area contributed by atoms with E-state index in [1.165, 1.54) is 0 Å². The number of rotatable bonds is 4. The molecule has 0 amide bonds. The Morgan fingerprint density at radius 1 is 1.37 bits per heavy atom. The third-order valence-electron chi connectivity index (χ3n) is 3.02. The average Bonchev–Trinajstić information content (AvgIpc) is 2.88. The summed E-state index contributed by atoms with van der Waals surface area (Å²) in [7, 11) is 0. The first-order valence-corrected chi connectivity index (χ1v) is 7.20. The van der Waals surface area contributed by atoms with Crippen molar-refractivity contribution in [3.63, 3.8) is 0 Å². The third kappa shape index (κ3) is 3.84. The largest absolute Gasteiger partial charge is 0.339 e. The highest BCUT2D eigenvalue weighted by Crippen LogP contribution is 2.20. The van der Waals surface area contributed by atoms with Gasteiger partial charge in [0.15, 0.2) is 5.82 Å². The minimum atomic E-state index is 0.00215. The van der Waals surface area contributed by atoms with Gasteiger partial charge in [-0.15, -0.1) is 11.3 Å². The molecule has 6 heteroatoms. The molecule has 0 aliphatic heterocycles. The smallest absolute Gasteiger partial charge is 0.228 e. The Balaban J connectivity index is 1.99. The van der Waals surface area contributed by atoms with Gasteiger partial charge in [0.1, 0.15) is 0 Å². The van der Waals surface area contributed by atoms with Gasteiger partial charge in [-0.3, -0.25) is 0 Å². The van der Waals surface area contributed by atoms with Gasteiger partial charge in [0.05, 0.1) is 17.1 Å². The summed E-state index contributed by atoms with van der Waals surface area (Å²) >= 11 is 1.63. The van der Waals surface area contributed by atoms with Gasteiger partial charge in [0, 0.05) is 17.8 Å². The van der Waals surface area contributed by atoms with Crippen LogP contribution in [-0.4, -0.2) is 21.2 Å². The van der Waals surface area contributed by atoms with Crippen LogP contribution >= 0.6 is 11.3 Å². The maximum atomic E-state index is 6.11. The summed E-state index contributed by atoms with van der Waals surface area (Å²) in [6.45, 7) is 8.30. The predicted molar refractivity (Wildman–Crippen MR) is 75.1 cm³/mol. The Bertz CT molecular complexity index is 541. The molecule has 2 N–H and O–H groups in total. The molecule has 0 spiro atoms. The molecule has 2 aromatic rings. The van der Waals surface area contributed by atoms with E-state index in [4.69, 9.17) is 10.3 Å². The Kier molecular flexibility index (Phi) is 4.01. The molecule has 0 fully saturated rings. The van der Waals surface area contributed by atoms with Crippen LogP contribution in [0.3, 0.4) is 0 Å². The fourth-order valence-corrected chi connectivity index (χ4v) is 2.20. The van der Waals surface area contributed by atoms with E-state index in [1.54, 1.807) is 11.3 Å². The first-order chi connectivity index (χ1) is 8.84. The van der Waals surface area contributed by atoms with Crippen LogP contribution in [0.2, 0.25) is 0 Å². The van der Waals surface area contributed by atoms with E-state index in [0.29, 0.717) is 24.6 Å². The molecular formula is C13H20N4OS. The lowest BCUT2D eigenvalue weighted by Gasteiger charge is -2.25. The normalized spacial score (nSPS) is 13.7. The molecule has 1 atom stereocenters. The Morgan fingerprint density at radius 3 is 2.68 bits per heavy atom. The molecule has 0 bridgehead atoms. The van der Waals surface area contributed by atoms with Crippen molar-refractivity contribution in [2.24, 2.45) is 11.1 Å². The molecule has 19 heavy (non-hydrogen) atoms. The third-order valence-corrected chi connectivity index (χ3v) is 3.85. The number of nitrogens with zero attached hydrogens (tertiary/aromatic N) is 3. The fourth-order valence-electron chi connectivity index (χ4n) is 1.59. The molecule has 104 valence electrons. The quantitative estimate of drug-likeness (QED) is 0.930. The van der Waals surface area contributed by atoms with Gasteiger partial charge in [0.25, 0.3) is 0 Å². The summed E-state index contributed by atoms with van der Waals surface area (Å²) in [5, 5.41) is 7.05. The molecule has 2 heterocycles. The SMILES string of the molecule is Cc1nc(Cc2noc(CC(N)C(C)(C)C)n2)cs1. The van der Waals surface area contributed by atoms with Crippen molar-refractivity contribution in [3.8, 4) is 0 Å². The minimum absolute atomic E-state index is 0.00215. The van der Waals surface area contributed by atoms with E-state index in [0.717, 1.165) is 10.7 Å². The van der Waals surface area contributed by atoms with Gasteiger partial charge in [0.2, 0.25) is 5.89 Å². The number of aromatic nitrogens is 3. The molecular weight excluding hydrogens is 260 g/mol. The minimum Gasteiger partial charge on any atom is -0.339 e. The van der Waals surface area contributed by atoms with Crippen molar-refractivity contribution in [2.45, 2.75) is 46.6 Å². The van der Waals surface area contributed by atoms with E-state index in [2.05, 4.69) is 35.9 Å². The molecule has 0 aliphatic carbocycles. The maximum absolute atomic E-state index is 6.11. The molecule has 0 saturated carbocycles. The highest BCUT2D eigenvalue weighted by molar-refractivity contribution is 7.09. The predicted octanol–water partition coefficient (Wildman–Crippen LogP) is 2.34. The zero-order chi connectivity index (χ0) is 14.0. The lowest BCUT2D eigenvalue weighted by Crippen LogP contribution is -2.37. The molecule has 1 unspecified atom stereocenters. The van der Waals surface area contributed by atoms with Crippen LogP contribution in [-0.2, 0) is 12.8 Å². The fraction of sp³-hybridized carbons (Fsp3) is 0.615. The molecule has 2 rings (SSSR count). The summed E-state index contributed by atoms with van der Waals surface area (Å²) in [5.41, 5.74) is 7.12. The number of hydrogen-bond donors (Lipinski definition) is 1. The van der Waals surface area contributed by atoms with Crippen molar-refractivity contribution < 1.29 is 4.52 Å². The van der Waals surface area contributed by atoms with Crippen LogP contribution < -0.4 is 5.73 Å². The second kappa shape index (κ2) is 5.38. The summed E-state index contributed by atoms with van der Waals surface area (Å²) in [5.74, 6) is 1.27. The van der Waals surface area contributed by atoms with Crippen LogP contribution in [0.4, 0.5) is 0 Å². The van der Waals surface area contributed by atoms with Gasteiger partial charge < -0.3 is 10.3 Å². The second-order valence-corrected chi connectivity index (χ2v) is 6.88. The standard InChI is InChI=1S/C13H20N4OS/c1-8-15-9(7-19-8)5-11-16-12(18-17-11)6-10(14)13(2,3)4/h7,10H,5-6,14H2,1-4H3. The molecule has 5 nitrogen and oxygen atoms in total. The van der Waals surface area contributed by atoms with Crippen molar-refractivity contribution in [2.75, 3.05) is 0 Å². The first kappa shape index (κ1) is 14.1. The summed E-state index contributed by atoms with van der Waals surface area (Å²) in [6, 6.07) is 0.00215. The van der Waals surface area contributed by atoms with E-state index in [9.17, 15) is 0 Å². The van der Waals surface area contributed by atoms with Crippen LogP contribution in [0.1, 0.15) is 43.2 Å². The van der Waals surface area contributed by atoms with Crippen molar-refractivity contribution in [1.82, 2.24) is 15.1 Å². The van der Waals surface area contributed by atoms with Gasteiger partial charge in [-0.05, 0) is 12.3 Å². The highest BCUT2D eigenvalue weighted by Gasteiger charge is 2.23. The topological polar surface area (TPSA) is 77.8 Å². The maximum Gasteiger partial charge on any atom is 0.228 e. The van der Waals surface area contributed by atoms with Gasteiger partial charge in [-0.1, -0.05) is 25.9 Å². The van der Waals surface area contributed by atoms with Gasteiger partial charge in [-0.25, -0.2) is 4.98 Å². The van der Waals surface area contributed by atoms with E-state index in [1.807, 2.05) is 12.3 Å². The number of aryl methyl sites for hydroxylation is 1. The molecule has 2 aromatic heterocycles. The van der Waals surface area contributed by atoms with Crippen LogP contribution in [0.5, 0.6) is 0 Å². The van der Waals surface area contributed by atoms with E-state index in [-0.39, 0.29) is 11.5 Å². The van der Waals surface area contributed by atoms with Crippen LogP contribution in [0, 0.1) is 12.3 Å². The van der Waals surface area contributed by atoms with Crippen molar-refractivity contribution in [3.05, 3.63) is 27.8 Å². The molecule has 0 aromatic carbocycles. The Morgan fingerprint density at radius 2 is 2.11 bits per heavy atom. The Labute approximate surface area is 117 Å². The van der Waals surface area contributed by atoms with Crippen molar-refractivity contribution >= 4 is 11.3 Å². The van der Waals surface area contributed by atoms with Crippen LogP contribution in [0.15, 0.2) is 9.90 Å². The monoisotopic (exact) mass is 280 g/mol. The summed E-state index contributed by atoms with van der Waals surface area (Å²) < 4.78 is 5.24. The lowest BCUT2D eigenvalue weighted by atomic mass is 9.85. The molecule has 0 saturated heterocycles. The summed E-state index contributed by atoms with van der Waals surface area (Å²) in [4.78, 5) is 8.76. The summed E-state index contributed by atoms with van der Waals surface area (Å²) in [6.07, 6.45) is 1.21. The van der Waals surface area contributed by atoms with E-state index < -0.39 is 0 Å². The van der Waals surface area contributed by atoms with Crippen molar-refractivity contribution in [1.29, 1.82) is 0 Å². The molecule has 0 radical (unpaired) electrons. The lowest BCUT2D eigenvalue weighted by molar-refractivity contribution is 0.285. The highest BCUT2D eigenvalue weighted by atomic mass is 32.1. The number of hydrogen-bond acceptors (Lipinski definition) is 6. The Hall–Kier alpha value is -1.27. The molecule has 0 aliphatic rings. The zero-order valence-electron chi connectivity index (χ0n) is 11.8. The zero-order valence-corrected chi connectivity index (χ0v) is 12.6. The van der Waals surface area contributed by atoms with E-state index >= 15 is 0 Å². The number of thiazole rings is 1. The van der Waals surface area contributed by atoms with Gasteiger partial charge in [-0.2, -0.15) is 4.98 Å². The number of nitrogens with two attached hydrogens (primary N) is 1. The van der Waals surface area contributed by atoms with Crippen LogP contribution in [0.25, 0.3) is 0 Å². The second-order valence-electron chi connectivity index (χ2n) is 5.82.